The number of rotatable bonds is 4. The number of likely N-dealkylation sites (tertiary alicyclic amines) is 1. The van der Waals surface area contributed by atoms with Gasteiger partial charge in [0.2, 0.25) is 5.91 Å². The Bertz CT molecular complexity index is 821. The van der Waals surface area contributed by atoms with Crippen molar-refractivity contribution < 1.29 is 18.7 Å². The van der Waals surface area contributed by atoms with Gasteiger partial charge in [0.1, 0.15) is 12.4 Å². The summed E-state index contributed by atoms with van der Waals surface area (Å²) >= 11 is 0. The number of nitrogens with one attached hydrogen (secondary N) is 1. The summed E-state index contributed by atoms with van der Waals surface area (Å²) in [6.45, 7) is 3.48. The van der Waals surface area contributed by atoms with E-state index in [9.17, 15) is 9.59 Å². The van der Waals surface area contributed by atoms with Gasteiger partial charge in [0.05, 0.1) is 12.8 Å². The number of benzene rings is 1. The zero-order chi connectivity index (χ0) is 19.3. The number of nitrogens with zero attached hydrogens (tertiary/aromatic N) is 2. The van der Waals surface area contributed by atoms with Gasteiger partial charge in [0, 0.05) is 37.8 Å². The molecule has 0 saturated carbocycles. The summed E-state index contributed by atoms with van der Waals surface area (Å²) in [5.74, 6) is 1.10. The lowest BCUT2D eigenvalue weighted by Gasteiger charge is -2.33. The van der Waals surface area contributed by atoms with Gasteiger partial charge in [-0.3, -0.25) is 14.5 Å². The normalized spacial score (nSPS) is 20.0. The van der Waals surface area contributed by atoms with Gasteiger partial charge in [0.25, 0.3) is 5.91 Å². The van der Waals surface area contributed by atoms with E-state index in [0.29, 0.717) is 45.1 Å². The molecule has 0 spiro atoms. The van der Waals surface area contributed by atoms with Crippen LogP contribution in [0.1, 0.15) is 29.0 Å². The number of fused-ring (bicyclic) bond motifs is 1. The third-order valence-electron chi connectivity index (χ3n) is 5.20. The molecule has 1 atom stereocenters. The van der Waals surface area contributed by atoms with Crippen LogP contribution in [0.15, 0.2) is 47.1 Å². The van der Waals surface area contributed by atoms with Crippen LogP contribution in [0.5, 0.6) is 5.75 Å². The fourth-order valence-corrected chi connectivity index (χ4v) is 3.83. The first-order valence-electron chi connectivity index (χ1n) is 9.74. The molecule has 148 valence electrons. The minimum atomic E-state index is -0.120. The highest BCUT2D eigenvalue weighted by molar-refractivity contribution is 5.91. The van der Waals surface area contributed by atoms with E-state index in [2.05, 4.69) is 10.2 Å². The second-order valence-corrected chi connectivity index (χ2v) is 7.30. The minimum absolute atomic E-state index is 0.0170. The standard InChI is InChI=1S/C21H25N3O4/c25-20(15-23-10-12-28-18-7-2-1-5-16(18)13-23)22-17-6-3-9-24(14-17)21(26)19-8-4-11-27-19/h1-2,4-5,7-8,11,17H,3,6,9-10,12-15H2,(H,22,25). The maximum atomic E-state index is 12.6. The molecule has 3 heterocycles. The molecular weight excluding hydrogens is 358 g/mol. The molecule has 7 nitrogen and oxygen atoms in total. The lowest BCUT2D eigenvalue weighted by atomic mass is 10.1. The Kier molecular flexibility index (Phi) is 5.62. The van der Waals surface area contributed by atoms with Gasteiger partial charge in [-0.15, -0.1) is 0 Å². The molecule has 1 N–H and O–H groups in total. The predicted molar refractivity (Wildman–Crippen MR) is 103 cm³/mol. The Morgan fingerprint density at radius 3 is 2.89 bits per heavy atom. The first-order valence-corrected chi connectivity index (χ1v) is 9.74. The van der Waals surface area contributed by atoms with E-state index in [1.807, 2.05) is 24.3 Å². The molecule has 1 unspecified atom stereocenters. The molecule has 1 aromatic carbocycles. The summed E-state index contributed by atoms with van der Waals surface area (Å²) in [4.78, 5) is 28.9. The van der Waals surface area contributed by atoms with Gasteiger partial charge in [-0.2, -0.15) is 0 Å². The molecule has 1 saturated heterocycles. The Balaban J connectivity index is 1.30. The highest BCUT2D eigenvalue weighted by atomic mass is 16.5. The minimum Gasteiger partial charge on any atom is -0.492 e. The van der Waals surface area contributed by atoms with E-state index in [-0.39, 0.29) is 17.9 Å². The van der Waals surface area contributed by atoms with Crippen molar-refractivity contribution in [2.45, 2.75) is 25.4 Å². The molecule has 2 aliphatic heterocycles. The zero-order valence-corrected chi connectivity index (χ0v) is 15.8. The number of carbonyl (C=O) groups is 2. The van der Waals surface area contributed by atoms with Crippen molar-refractivity contribution in [3.63, 3.8) is 0 Å². The highest BCUT2D eigenvalue weighted by Gasteiger charge is 2.27. The fraction of sp³-hybridized carbons (Fsp3) is 0.429. The van der Waals surface area contributed by atoms with Crippen LogP contribution in [0, 0.1) is 0 Å². The third kappa shape index (κ3) is 4.36. The van der Waals surface area contributed by atoms with Crippen LogP contribution in [0.25, 0.3) is 0 Å². The quantitative estimate of drug-likeness (QED) is 0.873. The maximum Gasteiger partial charge on any atom is 0.289 e. The zero-order valence-electron chi connectivity index (χ0n) is 15.8. The molecule has 0 aliphatic carbocycles. The Morgan fingerprint density at radius 1 is 1.14 bits per heavy atom. The summed E-state index contributed by atoms with van der Waals surface area (Å²) in [5.41, 5.74) is 1.10. The Labute approximate surface area is 164 Å². The van der Waals surface area contributed by atoms with E-state index >= 15 is 0 Å². The lowest BCUT2D eigenvalue weighted by Crippen LogP contribution is -2.51. The molecule has 0 bridgehead atoms. The molecule has 2 aliphatic rings. The summed E-state index contributed by atoms with van der Waals surface area (Å²) in [6, 6.07) is 11.3. The Hall–Kier alpha value is -2.80. The van der Waals surface area contributed by atoms with Crippen molar-refractivity contribution in [2.24, 2.45) is 0 Å². The number of piperidine rings is 1. The van der Waals surface area contributed by atoms with Crippen molar-refractivity contribution >= 4 is 11.8 Å². The summed E-state index contributed by atoms with van der Waals surface area (Å²) in [6.07, 6.45) is 3.24. The molecule has 4 rings (SSSR count). The van der Waals surface area contributed by atoms with Crippen molar-refractivity contribution in [3.05, 3.63) is 54.0 Å². The van der Waals surface area contributed by atoms with Gasteiger partial charge < -0.3 is 19.4 Å². The number of hydrogen-bond acceptors (Lipinski definition) is 5. The number of furan rings is 1. The number of hydrogen-bond donors (Lipinski definition) is 1. The van der Waals surface area contributed by atoms with E-state index in [4.69, 9.17) is 9.15 Å². The van der Waals surface area contributed by atoms with Crippen molar-refractivity contribution in [3.8, 4) is 5.75 Å². The third-order valence-corrected chi connectivity index (χ3v) is 5.20. The fourth-order valence-electron chi connectivity index (χ4n) is 3.83. The number of ether oxygens (including phenoxy) is 1. The van der Waals surface area contributed by atoms with Gasteiger partial charge >= 0.3 is 0 Å². The van der Waals surface area contributed by atoms with Crippen LogP contribution in [0.3, 0.4) is 0 Å². The SMILES string of the molecule is O=C(CN1CCOc2ccccc2C1)NC1CCCN(C(=O)c2ccco2)C1. The summed E-state index contributed by atoms with van der Waals surface area (Å²) in [7, 11) is 0. The molecule has 7 heteroatoms. The molecule has 2 aromatic rings. The van der Waals surface area contributed by atoms with Crippen molar-refractivity contribution in [1.82, 2.24) is 15.1 Å². The van der Waals surface area contributed by atoms with Gasteiger partial charge in [-0.25, -0.2) is 0 Å². The number of amides is 2. The topological polar surface area (TPSA) is 75.0 Å². The van der Waals surface area contributed by atoms with E-state index < -0.39 is 0 Å². The molecular formula is C21H25N3O4. The predicted octanol–water partition coefficient (Wildman–Crippen LogP) is 1.89. The first kappa shape index (κ1) is 18.6. The lowest BCUT2D eigenvalue weighted by molar-refractivity contribution is -0.123. The summed E-state index contributed by atoms with van der Waals surface area (Å²) < 4.78 is 11.0. The average Bonchev–Trinajstić information content (AvgIpc) is 3.16. The molecule has 1 fully saturated rings. The van der Waals surface area contributed by atoms with Gasteiger partial charge in [0.15, 0.2) is 5.76 Å². The highest BCUT2D eigenvalue weighted by Crippen LogP contribution is 2.22. The van der Waals surface area contributed by atoms with Crippen LogP contribution >= 0.6 is 0 Å². The summed E-state index contributed by atoms with van der Waals surface area (Å²) in [5, 5.41) is 3.09. The average molecular weight is 383 g/mol. The number of para-hydroxylation sites is 1. The second kappa shape index (κ2) is 8.48. The Morgan fingerprint density at radius 2 is 2.04 bits per heavy atom. The van der Waals surface area contributed by atoms with Crippen LogP contribution in [-0.2, 0) is 11.3 Å². The number of carbonyl (C=O) groups excluding carboxylic acids is 2. The largest absolute Gasteiger partial charge is 0.492 e. The molecule has 1 aromatic heterocycles. The van der Waals surface area contributed by atoms with Gasteiger partial charge in [-0.05, 0) is 31.0 Å². The van der Waals surface area contributed by atoms with E-state index in [0.717, 1.165) is 24.2 Å². The van der Waals surface area contributed by atoms with Crippen LogP contribution in [-0.4, -0.2) is 60.4 Å². The first-order chi connectivity index (χ1) is 13.7. The van der Waals surface area contributed by atoms with Crippen molar-refractivity contribution in [2.75, 3.05) is 32.8 Å². The van der Waals surface area contributed by atoms with Crippen LogP contribution < -0.4 is 10.1 Å². The van der Waals surface area contributed by atoms with E-state index in [1.165, 1.54) is 6.26 Å². The molecule has 28 heavy (non-hydrogen) atoms. The molecule has 2 amide bonds. The van der Waals surface area contributed by atoms with E-state index in [1.54, 1.807) is 17.0 Å². The van der Waals surface area contributed by atoms with Gasteiger partial charge in [-0.1, -0.05) is 18.2 Å². The maximum absolute atomic E-state index is 12.6. The molecule has 0 radical (unpaired) electrons. The second-order valence-electron chi connectivity index (χ2n) is 7.30. The smallest absolute Gasteiger partial charge is 0.289 e. The monoisotopic (exact) mass is 383 g/mol. The van der Waals surface area contributed by atoms with Crippen molar-refractivity contribution in [1.29, 1.82) is 0 Å². The van der Waals surface area contributed by atoms with Crippen LogP contribution in [0.4, 0.5) is 0 Å². The van der Waals surface area contributed by atoms with Crippen LogP contribution in [0.2, 0.25) is 0 Å².